The first-order chi connectivity index (χ1) is 11.5. The molecule has 0 bridgehead atoms. The van der Waals surface area contributed by atoms with Crippen LogP contribution in [-0.2, 0) is 0 Å². The summed E-state index contributed by atoms with van der Waals surface area (Å²) in [5.41, 5.74) is 0.891. The summed E-state index contributed by atoms with van der Waals surface area (Å²) in [6, 6.07) is 0.741. The van der Waals surface area contributed by atoms with Gasteiger partial charge in [-0.1, -0.05) is 11.3 Å². The first kappa shape index (κ1) is 17.6. The number of aryl methyl sites for hydroxylation is 1. The Morgan fingerprint density at radius 1 is 1.38 bits per heavy atom. The summed E-state index contributed by atoms with van der Waals surface area (Å²) < 4.78 is 5.55. The summed E-state index contributed by atoms with van der Waals surface area (Å²) in [6.07, 6.45) is 2.00. The maximum atomic E-state index is 12.7. The van der Waals surface area contributed by atoms with E-state index < -0.39 is 0 Å². The van der Waals surface area contributed by atoms with E-state index >= 15 is 0 Å². The summed E-state index contributed by atoms with van der Waals surface area (Å²) in [6.45, 7) is 11.0. The van der Waals surface area contributed by atoms with Gasteiger partial charge in [0.15, 0.2) is 0 Å². The molecule has 134 valence electrons. The first-order valence-corrected chi connectivity index (χ1v) is 9.78. The van der Waals surface area contributed by atoms with Crippen molar-refractivity contribution in [1.29, 1.82) is 0 Å². The minimum atomic E-state index is -0.240. The van der Waals surface area contributed by atoms with Crippen LogP contribution >= 0.6 is 11.3 Å². The first-order valence-electron chi connectivity index (χ1n) is 8.90. The molecular weight excluding hydrogens is 324 g/mol. The van der Waals surface area contributed by atoms with Crippen molar-refractivity contribution in [2.45, 2.75) is 45.7 Å². The number of carbonyl (C=O) groups is 1. The number of carbonyl (C=O) groups excluding carboxylic acids is 1. The highest BCUT2D eigenvalue weighted by Crippen LogP contribution is 2.27. The number of nitrogens with zero attached hydrogens (tertiary/aromatic N) is 3. The molecule has 2 aliphatic heterocycles. The van der Waals surface area contributed by atoms with Crippen LogP contribution in [0.5, 0.6) is 5.19 Å². The molecule has 1 aromatic heterocycles. The largest absolute Gasteiger partial charge is 0.417 e. The number of piperidine rings is 1. The van der Waals surface area contributed by atoms with Crippen LogP contribution in [-0.4, -0.2) is 65.7 Å². The van der Waals surface area contributed by atoms with Crippen molar-refractivity contribution in [3.05, 3.63) is 11.1 Å². The lowest BCUT2D eigenvalue weighted by molar-refractivity contribution is 0.0272. The topological polar surface area (TPSA) is 57.7 Å². The number of thiazole rings is 1. The summed E-state index contributed by atoms with van der Waals surface area (Å²) >= 11 is 1.38. The lowest BCUT2D eigenvalue weighted by atomic mass is 9.87. The Morgan fingerprint density at radius 2 is 2.12 bits per heavy atom. The summed E-state index contributed by atoms with van der Waals surface area (Å²) in [5, 5.41) is 5.78. The Balaban J connectivity index is 1.71. The van der Waals surface area contributed by atoms with E-state index in [-0.39, 0.29) is 12.1 Å². The summed E-state index contributed by atoms with van der Waals surface area (Å²) in [4.78, 5) is 21.4. The highest BCUT2D eigenvalue weighted by molar-refractivity contribution is 7.11. The molecular formula is C17H28N4O2S. The van der Waals surface area contributed by atoms with Gasteiger partial charge in [0, 0.05) is 31.1 Å². The van der Waals surface area contributed by atoms with E-state index in [1.54, 1.807) is 0 Å². The molecule has 3 heterocycles. The second kappa shape index (κ2) is 7.80. The lowest BCUT2D eigenvalue weighted by Gasteiger charge is -2.46. The van der Waals surface area contributed by atoms with Crippen molar-refractivity contribution < 1.29 is 9.53 Å². The van der Waals surface area contributed by atoms with Crippen LogP contribution in [0.15, 0.2) is 5.38 Å². The standard InChI is InChI=1S/C17H28N4O2S/c1-12(2)20-8-9-21(15(10-20)14-4-6-18-7-5-14)17(22)23-16-19-13(3)11-24-16/h11-12,14-15,18H,4-10H2,1-3H3. The third kappa shape index (κ3) is 4.07. The Bertz CT molecular complexity index is 557. The quantitative estimate of drug-likeness (QED) is 0.905. The Kier molecular flexibility index (Phi) is 5.73. The smallest absolute Gasteiger partial charge is 0.381 e. The van der Waals surface area contributed by atoms with Crippen LogP contribution < -0.4 is 10.1 Å². The van der Waals surface area contributed by atoms with E-state index in [9.17, 15) is 4.79 Å². The zero-order valence-electron chi connectivity index (χ0n) is 14.8. The number of hydrogen-bond donors (Lipinski definition) is 1. The van der Waals surface area contributed by atoms with Crippen LogP contribution in [0.3, 0.4) is 0 Å². The molecule has 0 saturated carbocycles. The third-order valence-corrected chi connectivity index (χ3v) is 5.95. The molecule has 0 radical (unpaired) electrons. The van der Waals surface area contributed by atoms with E-state index in [1.165, 1.54) is 11.3 Å². The highest BCUT2D eigenvalue weighted by atomic mass is 32.1. The number of rotatable bonds is 3. The van der Waals surface area contributed by atoms with Gasteiger partial charge in [-0.3, -0.25) is 4.90 Å². The Hall–Kier alpha value is -1.18. The van der Waals surface area contributed by atoms with Crippen LogP contribution in [0.4, 0.5) is 4.79 Å². The molecule has 6 nitrogen and oxygen atoms in total. The molecule has 7 heteroatoms. The van der Waals surface area contributed by atoms with E-state index in [4.69, 9.17) is 4.74 Å². The molecule has 2 aliphatic rings. The molecule has 1 unspecified atom stereocenters. The fraction of sp³-hybridized carbons (Fsp3) is 0.765. The number of piperazine rings is 1. The zero-order chi connectivity index (χ0) is 17.1. The molecule has 0 aromatic carbocycles. The fourth-order valence-corrected chi connectivity index (χ4v) is 4.31. The molecule has 1 N–H and O–H groups in total. The molecule has 2 fully saturated rings. The van der Waals surface area contributed by atoms with Crippen molar-refractivity contribution in [3.63, 3.8) is 0 Å². The Morgan fingerprint density at radius 3 is 2.75 bits per heavy atom. The summed E-state index contributed by atoms with van der Waals surface area (Å²) in [5.74, 6) is 0.540. The van der Waals surface area contributed by atoms with E-state index in [2.05, 4.69) is 29.0 Å². The molecule has 0 aliphatic carbocycles. The van der Waals surface area contributed by atoms with Gasteiger partial charge in [-0.15, -0.1) is 0 Å². The number of amides is 1. The second-order valence-electron chi connectivity index (χ2n) is 7.06. The van der Waals surface area contributed by atoms with Gasteiger partial charge >= 0.3 is 6.09 Å². The van der Waals surface area contributed by atoms with Crippen LogP contribution in [0.25, 0.3) is 0 Å². The molecule has 1 amide bonds. The van der Waals surface area contributed by atoms with Crippen molar-refractivity contribution >= 4 is 17.4 Å². The summed E-state index contributed by atoms with van der Waals surface area (Å²) in [7, 11) is 0. The van der Waals surface area contributed by atoms with Crippen molar-refractivity contribution in [2.75, 3.05) is 32.7 Å². The van der Waals surface area contributed by atoms with E-state index in [0.29, 0.717) is 17.2 Å². The average molecular weight is 353 g/mol. The maximum Gasteiger partial charge on any atom is 0.417 e. The minimum absolute atomic E-state index is 0.233. The molecule has 1 atom stereocenters. The second-order valence-corrected chi connectivity index (χ2v) is 7.88. The van der Waals surface area contributed by atoms with Gasteiger partial charge in [0.05, 0.1) is 11.7 Å². The van der Waals surface area contributed by atoms with Gasteiger partial charge in [0.25, 0.3) is 5.19 Å². The zero-order valence-corrected chi connectivity index (χ0v) is 15.6. The molecule has 1 aromatic rings. The Labute approximate surface area is 148 Å². The lowest BCUT2D eigenvalue weighted by Crippen LogP contribution is -2.60. The van der Waals surface area contributed by atoms with Crippen molar-refractivity contribution in [2.24, 2.45) is 5.92 Å². The van der Waals surface area contributed by atoms with Crippen LogP contribution in [0.2, 0.25) is 0 Å². The predicted molar refractivity (Wildman–Crippen MR) is 95.7 cm³/mol. The van der Waals surface area contributed by atoms with Gasteiger partial charge in [-0.05, 0) is 52.6 Å². The molecule has 2 saturated heterocycles. The van der Waals surface area contributed by atoms with Crippen LogP contribution in [0, 0.1) is 12.8 Å². The molecule has 3 rings (SSSR count). The third-order valence-electron chi connectivity index (χ3n) is 5.12. The number of hydrogen-bond acceptors (Lipinski definition) is 6. The van der Waals surface area contributed by atoms with Crippen LogP contribution in [0.1, 0.15) is 32.4 Å². The monoisotopic (exact) mass is 352 g/mol. The molecule has 0 spiro atoms. The normalized spacial score (nSPS) is 23.7. The van der Waals surface area contributed by atoms with Gasteiger partial charge < -0.3 is 15.0 Å². The predicted octanol–water partition coefficient (Wildman–Crippen LogP) is 2.34. The molecule has 24 heavy (non-hydrogen) atoms. The maximum absolute atomic E-state index is 12.7. The van der Waals surface area contributed by atoms with E-state index in [0.717, 1.165) is 51.3 Å². The minimum Gasteiger partial charge on any atom is -0.381 e. The number of aromatic nitrogens is 1. The van der Waals surface area contributed by atoms with Gasteiger partial charge in [-0.25, -0.2) is 9.78 Å². The van der Waals surface area contributed by atoms with E-state index in [1.807, 2.05) is 17.2 Å². The number of nitrogens with one attached hydrogen (secondary N) is 1. The highest BCUT2D eigenvalue weighted by Gasteiger charge is 2.38. The van der Waals surface area contributed by atoms with Crippen molar-refractivity contribution in [1.82, 2.24) is 20.1 Å². The fourth-order valence-electron chi connectivity index (χ4n) is 3.67. The van der Waals surface area contributed by atoms with Gasteiger partial charge in [0.1, 0.15) is 0 Å². The SMILES string of the molecule is Cc1csc(OC(=O)N2CCN(C(C)C)CC2C2CCNCC2)n1. The van der Waals surface area contributed by atoms with Gasteiger partial charge in [-0.2, -0.15) is 0 Å². The van der Waals surface area contributed by atoms with Crippen molar-refractivity contribution in [3.8, 4) is 5.19 Å². The number of ether oxygens (including phenoxy) is 1. The average Bonchev–Trinajstić information content (AvgIpc) is 3.00. The van der Waals surface area contributed by atoms with Gasteiger partial charge in [0.2, 0.25) is 0 Å².